The first-order valence-corrected chi connectivity index (χ1v) is 9.40. The Bertz CT molecular complexity index is 829. The smallest absolute Gasteiger partial charge is 0.271 e. The van der Waals surface area contributed by atoms with Gasteiger partial charge in [0.25, 0.3) is 5.91 Å². The Balaban J connectivity index is 0.00000225. The lowest BCUT2D eigenvalue weighted by molar-refractivity contribution is 0.0675. The number of hydrogen-bond donors (Lipinski definition) is 2. The maximum atomic E-state index is 12.9. The zero-order valence-electron chi connectivity index (χ0n) is 16.4. The van der Waals surface area contributed by atoms with E-state index in [4.69, 9.17) is 9.47 Å². The van der Waals surface area contributed by atoms with Gasteiger partial charge in [0.05, 0.1) is 19.9 Å². The van der Waals surface area contributed by atoms with Crippen LogP contribution in [0.1, 0.15) is 36.2 Å². The van der Waals surface area contributed by atoms with Crippen LogP contribution in [0.5, 0.6) is 11.5 Å². The summed E-state index contributed by atoms with van der Waals surface area (Å²) in [5.41, 5.74) is 2.08. The van der Waals surface area contributed by atoms with Crippen molar-refractivity contribution >= 4 is 18.3 Å². The minimum Gasteiger partial charge on any atom is -0.493 e. The number of rotatable bonds is 5. The Kier molecular flexibility index (Phi) is 6.15. The maximum Gasteiger partial charge on any atom is 0.271 e. The van der Waals surface area contributed by atoms with Gasteiger partial charge in [-0.1, -0.05) is 0 Å². The van der Waals surface area contributed by atoms with E-state index in [9.17, 15) is 4.79 Å². The lowest BCUT2D eigenvalue weighted by Crippen LogP contribution is -2.48. The van der Waals surface area contributed by atoms with E-state index in [1.807, 2.05) is 30.1 Å². The van der Waals surface area contributed by atoms with Crippen molar-refractivity contribution in [1.82, 2.24) is 20.4 Å². The molecule has 2 aromatic rings. The minimum atomic E-state index is -0.0134. The molecule has 8 heteroatoms. The SMILES string of the molecule is COc1ccc(-c2cc(C(=O)N(C)C3CC4CCC(C3)N4)[nH]n2)cc1OC.Cl. The van der Waals surface area contributed by atoms with E-state index in [1.54, 1.807) is 20.3 Å². The molecule has 2 saturated heterocycles. The van der Waals surface area contributed by atoms with E-state index in [2.05, 4.69) is 15.5 Å². The number of ether oxygens (including phenoxy) is 2. The lowest BCUT2D eigenvalue weighted by Gasteiger charge is -2.35. The van der Waals surface area contributed by atoms with E-state index < -0.39 is 0 Å². The van der Waals surface area contributed by atoms with Crippen molar-refractivity contribution in [3.05, 3.63) is 30.0 Å². The molecular weight excluding hydrogens is 380 g/mol. The first kappa shape index (κ1) is 20.5. The van der Waals surface area contributed by atoms with E-state index in [1.165, 1.54) is 12.8 Å². The van der Waals surface area contributed by atoms with Crippen LogP contribution in [0, 0.1) is 0 Å². The summed E-state index contributed by atoms with van der Waals surface area (Å²) in [5, 5.41) is 10.8. The number of aromatic amines is 1. The highest BCUT2D eigenvalue weighted by molar-refractivity contribution is 5.93. The number of halogens is 1. The molecule has 0 spiro atoms. The molecule has 1 amide bonds. The van der Waals surface area contributed by atoms with Crippen LogP contribution in [0.4, 0.5) is 0 Å². The number of carbonyl (C=O) groups excluding carboxylic acids is 1. The number of piperidine rings is 1. The molecule has 2 aliphatic rings. The molecule has 3 heterocycles. The Morgan fingerprint density at radius 1 is 1.11 bits per heavy atom. The summed E-state index contributed by atoms with van der Waals surface area (Å²) in [6, 6.07) is 8.78. The summed E-state index contributed by atoms with van der Waals surface area (Å²) in [6.07, 6.45) is 4.48. The highest BCUT2D eigenvalue weighted by Crippen LogP contribution is 2.32. The number of amides is 1. The molecule has 1 aromatic heterocycles. The van der Waals surface area contributed by atoms with Crippen LogP contribution in [-0.4, -0.2) is 60.4 Å². The number of nitrogens with one attached hydrogen (secondary N) is 2. The maximum absolute atomic E-state index is 12.9. The zero-order chi connectivity index (χ0) is 19.0. The van der Waals surface area contributed by atoms with Crippen molar-refractivity contribution in [1.29, 1.82) is 0 Å². The van der Waals surface area contributed by atoms with Crippen molar-refractivity contribution in [3.8, 4) is 22.8 Å². The average Bonchev–Trinajstić information content (AvgIpc) is 3.32. The fraction of sp³-hybridized carbons (Fsp3) is 0.500. The van der Waals surface area contributed by atoms with Crippen LogP contribution in [0.3, 0.4) is 0 Å². The third-order valence-electron chi connectivity index (χ3n) is 5.80. The molecule has 0 aliphatic carbocycles. The number of fused-ring (bicyclic) bond motifs is 2. The van der Waals surface area contributed by atoms with Gasteiger partial charge in [-0.2, -0.15) is 5.10 Å². The van der Waals surface area contributed by atoms with E-state index in [0.717, 1.165) is 18.4 Å². The normalized spacial score (nSPS) is 23.0. The minimum absolute atomic E-state index is 0. The lowest BCUT2D eigenvalue weighted by atomic mass is 9.98. The van der Waals surface area contributed by atoms with Crippen molar-refractivity contribution in [2.75, 3.05) is 21.3 Å². The van der Waals surface area contributed by atoms with Gasteiger partial charge in [0, 0.05) is 30.7 Å². The van der Waals surface area contributed by atoms with Crippen molar-refractivity contribution in [2.24, 2.45) is 0 Å². The Labute approximate surface area is 171 Å². The molecule has 2 fully saturated rings. The number of methoxy groups -OCH3 is 2. The fourth-order valence-electron chi connectivity index (χ4n) is 4.27. The van der Waals surface area contributed by atoms with Gasteiger partial charge < -0.3 is 19.7 Å². The van der Waals surface area contributed by atoms with Crippen molar-refractivity contribution in [3.63, 3.8) is 0 Å². The average molecular weight is 407 g/mol. The van der Waals surface area contributed by atoms with Crippen LogP contribution < -0.4 is 14.8 Å². The standard InChI is InChI=1S/C20H26N4O3.ClH/c1-24(15-9-13-5-6-14(10-15)21-13)20(25)17-11-16(22-23-17)12-4-7-18(26-2)19(8-12)27-3;/h4,7-8,11,13-15,21H,5-6,9-10H2,1-3H3,(H,22,23);1H. The van der Waals surface area contributed by atoms with E-state index in [-0.39, 0.29) is 24.4 Å². The van der Waals surface area contributed by atoms with Gasteiger partial charge in [-0.05, 0) is 49.9 Å². The van der Waals surface area contributed by atoms with Crippen LogP contribution in [0.2, 0.25) is 0 Å². The third kappa shape index (κ3) is 3.82. The van der Waals surface area contributed by atoms with E-state index in [0.29, 0.717) is 35.0 Å². The molecule has 2 aliphatic heterocycles. The summed E-state index contributed by atoms with van der Waals surface area (Å²) in [5.74, 6) is 1.28. The fourth-order valence-corrected chi connectivity index (χ4v) is 4.27. The molecule has 2 unspecified atom stereocenters. The second kappa shape index (κ2) is 8.41. The predicted molar refractivity (Wildman–Crippen MR) is 109 cm³/mol. The molecule has 2 atom stereocenters. The summed E-state index contributed by atoms with van der Waals surface area (Å²) >= 11 is 0. The van der Waals surface area contributed by atoms with Crippen molar-refractivity contribution < 1.29 is 14.3 Å². The number of hydrogen-bond acceptors (Lipinski definition) is 5. The molecule has 152 valence electrons. The third-order valence-corrected chi connectivity index (χ3v) is 5.80. The first-order valence-electron chi connectivity index (χ1n) is 9.40. The molecule has 2 bridgehead atoms. The van der Waals surface area contributed by atoms with Crippen molar-refractivity contribution in [2.45, 2.75) is 43.8 Å². The van der Waals surface area contributed by atoms with Gasteiger partial charge in [-0.3, -0.25) is 9.89 Å². The Hall–Kier alpha value is -2.25. The van der Waals surface area contributed by atoms with Crippen LogP contribution >= 0.6 is 12.4 Å². The molecule has 0 saturated carbocycles. The van der Waals surface area contributed by atoms with Crippen LogP contribution in [-0.2, 0) is 0 Å². The Morgan fingerprint density at radius 3 is 2.43 bits per heavy atom. The molecule has 0 radical (unpaired) electrons. The van der Waals surface area contributed by atoms with Crippen LogP contribution in [0.25, 0.3) is 11.3 Å². The van der Waals surface area contributed by atoms with Crippen LogP contribution in [0.15, 0.2) is 24.3 Å². The second-order valence-electron chi connectivity index (χ2n) is 7.42. The monoisotopic (exact) mass is 406 g/mol. The second-order valence-corrected chi connectivity index (χ2v) is 7.42. The van der Waals surface area contributed by atoms with Gasteiger partial charge in [-0.25, -0.2) is 0 Å². The Morgan fingerprint density at radius 2 is 1.79 bits per heavy atom. The first-order chi connectivity index (χ1) is 13.1. The summed E-state index contributed by atoms with van der Waals surface area (Å²) in [7, 11) is 5.10. The summed E-state index contributed by atoms with van der Waals surface area (Å²) in [4.78, 5) is 14.8. The zero-order valence-corrected chi connectivity index (χ0v) is 17.2. The predicted octanol–water partition coefficient (Wildman–Crippen LogP) is 2.87. The summed E-state index contributed by atoms with van der Waals surface area (Å²) in [6.45, 7) is 0. The van der Waals surface area contributed by atoms with Gasteiger partial charge in [0.1, 0.15) is 5.69 Å². The molecule has 4 rings (SSSR count). The number of carbonyl (C=O) groups is 1. The summed E-state index contributed by atoms with van der Waals surface area (Å²) < 4.78 is 10.6. The topological polar surface area (TPSA) is 79.5 Å². The van der Waals surface area contributed by atoms with Gasteiger partial charge in [-0.15, -0.1) is 12.4 Å². The van der Waals surface area contributed by atoms with Gasteiger partial charge >= 0.3 is 0 Å². The molecule has 7 nitrogen and oxygen atoms in total. The highest BCUT2D eigenvalue weighted by atomic mass is 35.5. The van der Waals surface area contributed by atoms with Gasteiger partial charge in [0.2, 0.25) is 0 Å². The molecule has 1 aromatic carbocycles. The largest absolute Gasteiger partial charge is 0.493 e. The number of nitrogens with zero attached hydrogens (tertiary/aromatic N) is 2. The quantitative estimate of drug-likeness (QED) is 0.798. The number of benzene rings is 1. The molecule has 28 heavy (non-hydrogen) atoms. The highest BCUT2D eigenvalue weighted by Gasteiger charge is 2.36. The number of H-pyrrole nitrogens is 1. The van der Waals surface area contributed by atoms with E-state index >= 15 is 0 Å². The van der Waals surface area contributed by atoms with Gasteiger partial charge in [0.15, 0.2) is 11.5 Å². The number of aromatic nitrogens is 2. The molecular formula is C20H27ClN4O3. The molecule has 2 N–H and O–H groups in total.